The number of ether oxygens (including phenoxy) is 1. The van der Waals surface area contributed by atoms with Crippen molar-refractivity contribution in [3.05, 3.63) is 12.7 Å². The molecule has 2 N–H and O–H groups in total. The van der Waals surface area contributed by atoms with E-state index in [9.17, 15) is 9.59 Å². The number of carboxylic acids is 1. The molecule has 5 heteroatoms. The molecule has 0 aliphatic heterocycles. The topological polar surface area (TPSA) is 83.8 Å². The van der Waals surface area contributed by atoms with Crippen LogP contribution in [0.25, 0.3) is 0 Å². The van der Waals surface area contributed by atoms with Gasteiger partial charge in [-0.1, -0.05) is 6.08 Å². The minimum absolute atomic E-state index is 0.0696. The normalized spacial score (nSPS) is 14.3. The zero-order valence-corrected chi connectivity index (χ0v) is 7.27. The molecule has 74 valence electrons. The van der Waals surface area contributed by atoms with E-state index in [1.165, 1.54) is 6.08 Å². The smallest absolute Gasteiger partial charge is 0.333 e. The standard InChI is InChI=1S/C8H12O5/c1-3-4-5(8(12)13-2)6(9)7(10)11/h3,5-6,9H,1,4H2,2H3,(H,10,11). The zero-order valence-electron chi connectivity index (χ0n) is 7.27. The van der Waals surface area contributed by atoms with Crippen molar-refractivity contribution >= 4 is 11.9 Å². The minimum atomic E-state index is -1.74. The molecular weight excluding hydrogens is 176 g/mol. The van der Waals surface area contributed by atoms with E-state index in [0.717, 1.165) is 7.11 Å². The lowest BCUT2D eigenvalue weighted by Gasteiger charge is -2.15. The first-order chi connectivity index (χ1) is 6.04. The summed E-state index contributed by atoms with van der Waals surface area (Å²) in [5, 5.41) is 17.5. The number of rotatable bonds is 5. The molecule has 0 saturated heterocycles. The molecule has 13 heavy (non-hydrogen) atoms. The molecule has 0 heterocycles. The van der Waals surface area contributed by atoms with Crippen molar-refractivity contribution in [1.82, 2.24) is 0 Å². The van der Waals surface area contributed by atoms with Gasteiger partial charge in [-0.2, -0.15) is 0 Å². The quantitative estimate of drug-likeness (QED) is 0.461. The Morgan fingerprint density at radius 3 is 2.46 bits per heavy atom. The van der Waals surface area contributed by atoms with Crippen LogP contribution in [0.4, 0.5) is 0 Å². The van der Waals surface area contributed by atoms with Gasteiger partial charge >= 0.3 is 11.9 Å². The summed E-state index contributed by atoms with van der Waals surface area (Å²) >= 11 is 0. The zero-order chi connectivity index (χ0) is 10.4. The average molecular weight is 188 g/mol. The molecule has 5 nitrogen and oxygen atoms in total. The van der Waals surface area contributed by atoms with Gasteiger partial charge in [-0.3, -0.25) is 4.79 Å². The molecule has 0 aliphatic rings. The molecule has 0 aromatic rings. The number of hydrogen-bond donors (Lipinski definition) is 2. The number of hydrogen-bond acceptors (Lipinski definition) is 4. The first kappa shape index (κ1) is 11.6. The molecule has 2 atom stereocenters. The molecule has 0 saturated carbocycles. The molecule has 0 aliphatic carbocycles. The van der Waals surface area contributed by atoms with Gasteiger partial charge in [0, 0.05) is 0 Å². The predicted molar refractivity (Wildman–Crippen MR) is 44.0 cm³/mol. The maximum absolute atomic E-state index is 11.0. The Morgan fingerprint density at radius 1 is 1.62 bits per heavy atom. The maximum Gasteiger partial charge on any atom is 0.333 e. The summed E-state index contributed by atoms with van der Waals surface area (Å²) in [6.07, 6.45) is -0.320. The van der Waals surface area contributed by atoms with Crippen LogP contribution in [-0.4, -0.2) is 35.4 Å². The molecule has 0 amide bonds. The monoisotopic (exact) mass is 188 g/mol. The fraction of sp³-hybridized carbons (Fsp3) is 0.500. The molecule has 0 fully saturated rings. The molecule has 0 aromatic carbocycles. The second kappa shape index (κ2) is 5.31. The Kier molecular flexibility index (Phi) is 4.76. The Labute approximate surface area is 75.6 Å². The summed E-state index contributed by atoms with van der Waals surface area (Å²) in [6, 6.07) is 0. The van der Waals surface area contributed by atoms with Crippen LogP contribution in [0.15, 0.2) is 12.7 Å². The van der Waals surface area contributed by atoms with Crippen molar-refractivity contribution in [2.75, 3.05) is 7.11 Å². The van der Waals surface area contributed by atoms with Crippen LogP contribution in [0.1, 0.15) is 6.42 Å². The van der Waals surface area contributed by atoms with Crippen LogP contribution in [0.3, 0.4) is 0 Å². The van der Waals surface area contributed by atoms with E-state index in [2.05, 4.69) is 11.3 Å². The highest BCUT2D eigenvalue weighted by atomic mass is 16.5. The molecule has 0 bridgehead atoms. The summed E-state index contributed by atoms with van der Waals surface area (Å²) < 4.78 is 4.33. The fourth-order valence-corrected chi connectivity index (χ4v) is 0.857. The third-order valence-corrected chi connectivity index (χ3v) is 1.56. The van der Waals surface area contributed by atoms with Gasteiger partial charge in [0.15, 0.2) is 6.10 Å². The van der Waals surface area contributed by atoms with E-state index < -0.39 is 24.0 Å². The Bertz CT molecular complexity index is 211. The van der Waals surface area contributed by atoms with E-state index in [4.69, 9.17) is 10.2 Å². The van der Waals surface area contributed by atoms with Crippen LogP contribution in [-0.2, 0) is 14.3 Å². The highest BCUT2D eigenvalue weighted by molar-refractivity contribution is 5.82. The average Bonchev–Trinajstić information content (AvgIpc) is 2.11. The van der Waals surface area contributed by atoms with Gasteiger partial charge in [0.25, 0.3) is 0 Å². The Morgan fingerprint density at radius 2 is 2.15 bits per heavy atom. The number of carboxylic acid groups (broad SMARTS) is 1. The third-order valence-electron chi connectivity index (χ3n) is 1.56. The highest BCUT2D eigenvalue weighted by Crippen LogP contribution is 2.12. The van der Waals surface area contributed by atoms with Gasteiger partial charge < -0.3 is 14.9 Å². The van der Waals surface area contributed by atoms with Crippen LogP contribution in [0, 0.1) is 5.92 Å². The summed E-state index contributed by atoms with van der Waals surface area (Å²) in [5.74, 6) is -3.29. The first-order valence-corrected chi connectivity index (χ1v) is 3.64. The molecule has 0 rings (SSSR count). The third kappa shape index (κ3) is 3.25. The lowest BCUT2D eigenvalue weighted by Crippen LogP contribution is -2.35. The maximum atomic E-state index is 11.0. The molecule has 0 spiro atoms. The van der Waals surface area contributed by atoms with Crippen molar-refractivity contribution in [1.29, 1.82) is 0 Å². The molecule has 2 unspecified atom stereocenters. The molecule has 0 aromatic heterocycles. The van der Waals surface area contributed by atoms with Crippen LogP contribution >= 0.6 is 0 Å². The van der Waals surface area contributed by atoms with Gasteiger partial charge in [0.1, 0.15) is 0 Å². The van der Waals surface area contributed by atoms with Gasteiger partial charge in [0.05, 0.1) is 13.0 Å². The van der Waals surface area contributed by atoms with E-state index in [0.29, 0.717) is 0 Å². The number of esters is 1. The number of carbonyl (C=O) groups is 2. The van der Waals surface area contributed by atoms with E-state index in [1.54, 1.807) is 0 Å². The second-order valence-corrected chi connectivity index (χ2v) is 2.44. The Hall–Kier alpha value is -1.36. The van der Waals surface area contributed by atoms with Gasteiger partial charge in [-0.25, -0.2) is 4.79 Å². The van der Waals surface area contributed by atoms with E-state index >= 15 is 0 Å². The number of aliphatic hydroxyl groups is 1. The fourth-order valence-electron chi connectivity index (χ4n) is 0.857. The summed E-state index contributed by atoms with van der Waals surface area (Å²) in [6.45, 7) is 3.35. The van der Waals surface area contributed by atoms with Crippen molar-refractivity contribution < 1.29 is 24.5 Å². The first-order valence-electron chi connectivity index (χ1n) is 3.64. The lowest BCUT2D eigenvalue weighted by molar-refractivity contribution is -0.161. The van der Waals surface area contributed by atoms with E-state index in [-0.39, 0.29) is 6.42 Å². The van der Waals surface area contributed by atoms with Gasteiger partial charge in [-0.05, 0) is 6.42 Å². The number of allylic oxidation sites excluding steroid dienone is 1. The van der Waals surface area contributed by atoms with Crippen molar-refractivity contribution in [2.45, 2.75) is 12.5 Å². The van der Waals surface area contributed by atoms with Gasteiger partial charge in [0.2, 0.25) is 0 Å². The molecular formula is C8H12O5. The largest absolute Gasteiger partial charge is 0.479 e. The number of methoxy groups -OCH3 is 1. The lowest BCUT2D eigenvalue weighted by atomic mass is 9.99. The summed E-state index contributed by atoms with van der Waals surface area (Å²) in [7, 11) is 1.13. The Balaban J connectivity index is 4.48. The van der Waals surface area contributed by atoms with Crippen molar-refractivity contribution in [2.24, 2.45) is 5.92 Å². The van der Waals surface area contributed by atoms with Crippen molar-refractivity contribution in [3.63, 3.8) is 0 Å². The number of aliphatic hydroxyl groups excluding tert-OH is 1. The molecule has 0 radical (unpaired) electrons. The highest BCUT2D eigenvalue weighted by Gasteiger charge is 2.31. The second-order valence-electron chi connectivity index (χ2n) is 2.44. The SMILES string of the molecule is C=CCC(C(=O)OC)C(O)C(=O)O. The summed E-state index contributed by atoms with van der Waals surface area (Å²) in [4.78, 5) is 21.3. The number of carbonyl (C=O) groups excluding carboxylic acids is 1. The van der Waals surface area contributed by atoms with Crippen LogP contribution in [0.2, 0.25) is 0 Å². The van der Waals surface area contributed by atoms with Gasteiger partial charge in [-0.15, -0.1) is 6.58 Å². The van der Waals surface area contributed by atoms with E-state index in [1.807, 2.05) is 0 Å². The number of aliphatic carboxylic acids is 1. The minimum Gasteiger partial charge on any atom is -0.479 e. The predicted octanol–water partition coefficient (Wildman–Crippen LogP) is -0.203. The van der Waals surface area contributed by atoms with Crippen LogP contribution in [0.5, 0.6) is 0 Å². The van der Waals surface area contributed by atoms with Crippen LogP contribution < -0.4 is 0 Å². The summed E-state index contributed by atoms with van der Waals surface area (Å²) in [5.41, 5.74) is 0. The van der Waals surface area contributed by atoms with Crippen molar-refractivity contribution in [3.8, 4) is 0 Å².